The Hall–Kier alpha value is -3.19. The van der Waals surface area contributed by atoms with Crippen LogP contribution in [-0.4, -0.2) is 20.6 Å². The number of rotatable bonds is 4. The monoisotopic (exact) mass is 382 g/mol. The van der Waals surface area contributed by atoms with Crippen molar-refractivity contribution in [2.24, 2.45) is 0 Å². The minimum atomic E-state index is -0.460. The molecule has 0 bridgehead atoms. The van der Waals surface area contributed by atoms with Crippen molar-refractivity contribution in [1.82, 2.24) is 15.1 Å². The van der Waals surface area contributed by atoms with Crippen molar-refractivity contribution in [2.75, 3.05) is 0 Å². The summed E-state index contributed by atoms with van der Waals surface area (Å²) in [5.41, 5.74) is 3.32. The second-order valence-corrected chi connectivity index (χ2v) is 6.79. The van der Waals surface area contributed by atoms with Crippen molar-refractivity contribution in [3.05, 3.63) is 86.7 Å². The molecule has 0 saturated heterocycles. The molecule has 0 radical (unpaired) electrons. The Morgan fingerprint density at radius 2 is 2.04 bits per heavy atom. The van der Waals surface area contributed by atoms with Crippen LogP contribution >= 0.6 is 11.6 Å². The minimum absolute atomic E-state index is 0.00359. The molecule has 0 spiro atoms. The van der Waals surface area contributed by atoms with Crippen molar-refractivity contribution < 1.29 is 9.72 Å². The van der Waals surface area contributed by atoms with Gasteiger partial charge >= 0.3 is 0 Å². The maximum Gasteiger partial charge on any atom is 0.269 e. The van der Waals surface area contributed by atoms with E-state index in [2.05, 4.69) is 10.4 Å². The number of benzene rings is 2. The number of halogens is 1. The molecule has 8 heteroatoms. The van der Waals surface area contributed by atoms with E-state index in [1.165, 1.54) is 23.0 Å². The van der Waals surface area contributed by atoms with Crippen LogP contribution in [0.2, 0.25) is 5.02 Å². The lowest BCUT2D eigenvalue weighted by molar-refractivity contribution is -0.384. The summed E-state index contributed by atoms with van der Waals surface area (Å²) in [7, 11) is 0. The van der Waals surface area contributed by atoms with Gasteiger partial charge in [-0.3, -0.25) is 14.9 Å². The minimum Gasteiger partial charge on any atom is -0.345 e. The van der Waals surface area contributed by atoms with E-state index in [1.54, 1.807) is 18.3 Å². The molecule has 136 valence electrons. The smallest absolute Gasteiger partial charge is 0.269 e. The van der Waals surface area contributed by atoms with E-state index >= 15 is 0 Å². The lowest BCUT2D eigenvalue weighted by Gasteiger charge is -2.13. The van der Waals surface area contributed by atoms with Crippen LogP contribution in [0.5, 0.6) is 0 Å². The summed E-state index contributed by atoms with van der Waals surface area (Å²) in [6.45, 7) is 0. The Kier molecular flexibility index (Phi) is 4.37. The number of nitrogens with one attached hydrogen (secondary N) is 1. The molecule has 1 N–H and O–H groups in total. The van der Waals surface area contributed by atoms with E-state index in [1.807, 2.05) is 18.2 Å². The number of aryl methyl sites for hydroxylation is 1. The molecule has 1 amide bonds. The molecule has 2 aromatic carbocycles. The second kappa shape index (κ2) is 6.85. The number of aromatic nitrogens is 2. The average molecular weight is 383 g/mol. The summed E-state index contributed by atoms with van der Waals surface area (Å²) in [6, 6.07) is 11.7. The third-order valence-corrected chi connectivity index (χ3v) is 4.89. The van der Waals surface area contributed by atoms with Gasteiger partial charge in [0, 0.05) is 23.4 Å². The van der Waals surface area contributed by atoms with E-state index in [0.29, 0.717) is 16.3 Å². The lowest BCUT2D eigenvalue weighted by Crippen LogP contribution is -2.26. The number of non-ortho nitro benzene ring substituents is 1. The van der Waals surface area contributed by atoms with E-state index in [4.69, 9.17) is 11.6 Å². The number of carbonyl (C=O) groups excluding carboxylic acids is 1. The topological polar surface area (TPSA) is 90.1 Å². The quantitative estimate of drug-likeness (QED) is 0.548. The number of amides is 1. The third kappa shape index (κ3) is 3.41. The third-order valence-electron chi connectivity index (χ3n) is 4.66. The molecule has 1 atom stereocenters. The zero-order valence-electron chi connectivity index (χ0n) is 14.1. The van der Waals surface area contributed by atoms with Crippen LogP contribution in [0, 0.1) is 10.1 Å². The number of nitro groups is 1. The highest BCUT2D eigenvalue weighted by Crippen LogP contribution is 2.33. The summed E-state index contributed by atoms with van der Waals surface area (Å²) in [6.07, 6.45) is 4.80. The Balaban J connectivity index is 1.49. The number of fused-ring (bicyclic) bond motifs is 1. The second-order valence-electron chi connectivity index (χ2n) is 6.35. The summed E-state index contributed by atoms with van der Waals surface area (Å²) in [4.78, 5) is 22.9. The fraction of sp³-hybridized carbons (Fsp3) is 0.158. The normalized spacial score (nSPS) is 15.4. The van der Waals surface area contributed by atoms with Crippen LogP contribution < -0.4 is 5.32 Å². The Bertz CT molecular complexity index is 1030. The number of hydrogen-bond acceptors (Lipinski definition) is 4. The average Bonchev–Trinajstić information content (AvgIpc) is 3.29. The van der Waals surface area contributed by atoms with Gasteiger partial charge in [0.25, 0.3) is 11.6 Å². The zero-order valence-corrected chi connectivity index (χ0v) is 14.9. The van der Waals surface area contributed by atoms with Gasteiger partial charge in [-0.05, 0) is 48.2 Å². The van der Waals surface area contributed by atoms with Crippen LogP contribution in [0.15, 0.2) is 54.9 Å². The van der Waals surface area contributed by atoms with E-state index < -0.39 is 4.92 Å². The van der Waals surface area contributed by atoms with Gasteiger partial charge in [-0.1, -0.05) is 17.7 Å². The zero-order chi connectivity index (χ0) is 19.0. The van der Waals surface area contributed by atoms with Crippen molar-refractivity contribution in [2.45, 2.75) is 18.9 Å². The number of hydrogen-bond donors (Lipinski definition) is 1. The van der Waals surface area contributed by atoms with Crippen LogP contribution in [0.3, 0.4) is 0 Å². The van der Waals surface area contributed by atoms with E-state index in [-0.39, 0.29) is 17.6 Å². The first-order chi connectivity index (χ1) is 13.0. The van der Waals surface area contributed by atoms with Gasteiger partial charge in [-0.25, -0.2) is 4.68 Å². The first kappa shape index (κ1) is 17.2. The fourth-order valence-corrected chi connectivity index (χ4v) is 3.48. The highest BCUT2D eigenvalue weighted by molar-refractivity contribution is 6.30. The predicted octanol–water partition coefficient (Wildman–Crippen LogP) is 3.85. The predicted molar refractivity (Wildman–Crippen MR) is 100 cm³/mol. The van der Waals surface area contributed by atoms with Gasteiger partial charge in [0.2, 0.25) is 0 Å². The van der Waals surface area contributed by atoms with Crippen molar-refractivity contribution in [3.63, 3.8) is 0 Å². The summed E-state index contributed by atoms with van der Waals surface area (Å²) >= 11 is 6.03. The highest BCUT2D eigenvalue weighted by atomic mass is 35.5. The standard InChI is InChI=1S/C19H15ClN4O3/c20-14-2-7-17-12(9-14)1-8-18(17)22-19(25)13-10-21-23(11-13)15-3-5-16(6-4-15)24(26)27/h2-7,9-11,18H,1,8H2,(H,22,25). The van der Waals surface area contributed by atoms with Gasteiger partial charge in [0.15, 0.2) is 0 Å². The molecule has 1 unspecified atom stereocenters. The number of nitro benzene ring substituents is 1. The molecule has 0 saturated carbocycles. The van der Waals surface area contributed by atoms with Gasteiger partial charge in [0.05, 0.1) is 28.4 Å². The van der Waals surface area contributed by atoms with E-state index in [0.717, 1.165) is 24.0 Å². The molecule has 1 aliphatic rings. The van der Waals surface area contributed by atoms with Crippen molar-refractivity contribution >= 4 is 23.2 Å². The molecular weight excluding hydrogens is 368 g/mol. The summed E-state index contributed by atoms with van der Waals surface area (Å²) in [5.74, 6) is -0.212. The maximum absolute atomic E-state index is 12.6. The summed E-state index contributed by atoms with van der Waals surface area (Å²) < 4.78 is 1.51. The number of carbonyl (C=O) groups is 1. The van der Waals surface area contributed by atoms with E-state index in [9.17, 15) is 14.9 Å². The molecule has 4 rings (SSSR count). The molecule has 27 heavy (non-hydrogen) atoms. The SMILES string of the molecule is O=C(NC1CCc2cc(Cl)ccc21)c1cnn(-c2ccc([N+](=O)[O-])cc2)c1. The lowest BCUT2D eigenvalue weighted by atomic mass is 10.1. The molecule has 1 heterocycles. The van der Waals surface area contributed by atoms with Gasteiger partial charge in [0.1, 0.15) is 0 Å². The fourth-order valence-electron chi connectivity index (χ4n) is 3.29. The van der Waals surface area contributed by atoms with Gasteiger partial charge < -0.3 is 5.32 Å². The molecule has 7 nitrogen and oxygen atoms in total. The highest BCUT2D eigenvalue weighted by Gasteiger charge is 2.25. The van der Waals surface area contributed by atoms with Crippen LogP contribution in [0.1, 0.15) is 33.9 Å². The molecule has 3 aromatic rings. The first-order valence-electron chi connectivity index (χ1n) is 8.40. The Morgan fingerprint density at radius 3 is 2.78 bits per heavy atom. The Morgan fingerprint density at radius 1 is 1.26 bits per heavy atom. The van der Waals surface area contributed by atoms with Crippen molar-refractivity contribution in [1.29, 1.82) is 0 Å². The van der Waals surface area contributed by atoms with Gasteiger partial charge in [-0.15, -0.1) is 0 Å². The molecule has 0 fully saturated rings. The van der Waals surface area contributed by atoms with Gasteiger partial charge in [-0.2, -0.15) is 5.10 Å². The van der Waals surface area contributed by atoms with Crippen LogP contribution in [0.4, 0.5) is 5.69 Å². The maximum atomic E-state index is 12.6. The molecule has 1 aromatic heterocycles. The Labute approximate surface area is 159 Å². The molecule has 0 aliphatic heterocycles. The van der Waals surface area contributed by atoms with Crippen molar-refractivity contribution in [3.8, 4) is 5.69 Å². The molecule has 1 aliphatic carbocycles. The molecular formula is C19H15ClN4O3. The summed E-state index contributed by atoms with van der Waals surface area (Å²) in [5, 5.41) is 18.7. The number of nitrogens with zero attached hydrogens (tertiary/aromatic N) is 3. The van der Waals surface area contributed by atoms with Crippen LogP contribution in [-0.2, 0) is 6.42 Å². The largest absolute Gasteiger partial charge is 0.345 e. The first-order valence-corrected chi connectivity index (χ1v) is 8.78. The van der Waals surface area contributed by atoms with Crippen LogP contribution in [0.25, 0.3) is 5.69 Å².